The van der Waals surface area contributed by atoms with Gasteiger partial charge in [-0.05, 0) is 55.8 Å². The fourth-order valence-corrected chi connectivity index (χ4v) is 3.97. The van der Waals surface area contributed by atoms with E-state index >= 15 is 0 Å². The van der Waals surface area contributed by atoms with Gasteiger partial charge in [0.25, 0.3) is 5.56 Å². The molecule has 0 unspecified atom stereocenters. The molecule has 0 N–H and O–H groups in total. The second-order valence-corrected chi connectivity index (χ2v) is 7.73. The van der Waals surface area contributed by atoms with Gasteiger partial charge in [-0.3, -0.25) is 4.79 Å². The summed E-state index contributed by atoms with van der Waals surface area (Å²) >= 11 is 0. The van der Waals surface area contributed by atoms with Gasteiger partial charge in [0.2, 0.25) is 5.82 Å². The monoisotopic (exact) mass is 436 g/mol. The Morgan fingerprint density at radius 3 is 2.45 bits per heavy atom. The number of nitrogens with zero attached hydrogens (tertiary/aromatic N) is 4. The van der Waals surface area contributed by atoms with Gasteiger partial charge in [0, 0.05) is 24.2 Å². The van der Waals surface area contributed by atoms with Crippen molar-refractivity contribution < 1.29 is 4.42 Å². The lowest BCUT2D eigenvalue weighted by Crippen LogP contribution is -2.21. The van der Waals surface area contributed by atoms with Gasteiger partial charge in [-0.15, -0.1) is 0 Å². The van der Waals surface area contributed by atoms with E-state index in [9.17, 15) is 4.79 Å². The zero-order valence-corrected chi connectivity index (χ0v) is 18.6. The first-order valence-electron chi connectivity index (χ1n) is 11.1. The maximum Gasteiger partial charge on any atom is 0.282 e. The maximum atomic E-state index is 13.3. The van der Waals surface area contributed by atoms with E-state index in [1.165, 1.54) is 4.68 Å². The van der Waals surface area contributed by atoms with Crippen LogP contribution >= 0.6 is 0 Å². The van der Waals surface area contributed by atoms with Crippen molar-refractivity contribution >= 4 is 33.8 Å². The number of hydrogen-bond donors (Lipinski definition) is 0. The Morgan fingerprint density at radius 1 is 0.970 bits per heavy atom. The largest absolute Gasteiger partial charge is 0.453 e. The molecule has 2 aromatic heterocycles. The van der Waals surface area contributed by atoms with Crippen LogP contribution in [0, 0.1) is 0 Å². The van der Waals surface area contributed by atoms with Gasteiger partial charge in [-0.1, -0.05) is 42.5 Å². The van der Waals surface area contributed by atoms with Crippen LogP contribution in [0.1, 0.15) is 19.4 Å². The molecule has 0 spiro atoms. The van der Waals surface area contributed by atoms with Gasteiger partial charge in [-0.25, -0.2) is 4.98 Å². The van der Waals surface area contributed by atoms with Crippen LogP contribution in [0.25, 0.3) is 33.5 Å². The van der Waals surface area contributed by atoms with Crippen molar-refractivity contribution in [3.05, 3.63) is 94.8 Å². The minimum Gasteiger partial charge on any atom is -0.453 e. The van der Waals surface area contributed by atoms with E-state index in [1.807, 2.05) is 60.7 Å². The molecule has 0 aliphatic heterocycles. The number of fused-ring (bicyclic) bond motifs is 2. The Morgan fingerprint density at radius 2 is 1.70 bits per heavy atom. The molecule has 0 saturated heterocycles. The fraction of sp³-hybridized carbons (Fsp3) is 0.148. The second-order valence-electron chi connectivity index (χ2n) is 7.73. The van der Waals surface area contributed by atoms with Crippen molar-refractivity contribution in [3.8, 4) is 11.6 Å². The molecule has 0 radical (unpaired) electrons. The number of furan rings is 1. The predicted molar refractivity (Wildman–Crippen MR) is 134 cm³/mol. The second kappa shape index (κ2) is 8.74. The van der Waals surface area contributed by atoms with E-state index in [-0.39, 0.29) is 5.56 Å². The number of rotatable bonds is 6. The van der Waals surface area contributed by atoms with Crippen molar-refractivity contribution in [2.45, 2.75) is 13.8 Å². The summed E-state index contributed by atoms with van der Waals surface area (Å²) in [5, 5.41) is 5.98. The SMILES string of the molecule is CCN(CC)c1ccc(C=Nn2c(-c3cc4ccccc4o3)nc3ccccc3c2=O)cc1. The minimum absolute atomic E-state index is 0.243. The molecule has 2 heterocycles. The number of benzene rings is 3. The van der Waals surface area contributed by atoms with Gasteiger partial charge in [0.15, 0.2) is 5.76 Å². The smallest absolute Gasteiger partial charge is 0.282 e. The van der Waals surface area contributed by atoms with E-state index in [4.69, 9.17) is 9.40 Å². The molecule has 164 valence electrons. The summed E-state index contributed by atoms with van der Waals surface area (Å²) in [4.78, 5) is 20.3. The van der Waals surface area contributed by atoms with Crippen LogP contribution in [0.4, 0.5) is 5.69 Å². The molecule has 0 amide bonds. The molecule has 6 nitrogen and oxygen atoms in total. The number of anilines is 1. The first-order valence-corrected chi connectivity index (χ1v) is 11.1. The first-order chi connectivity index (χ1) is 16.2. The van der Waals surface area contributed by atoms with Crippen LogP contribution in [-0.4, -0.2) is 29.0 Å². The van der Waals surface area contributed by atoms with Crippen LogP contribution in [0.15, 0.2) is 93.2 Å². The highest BCUT2D eigenvalue weighted by molar-refractivity contribution is 5.85. The summed E-state index contributed by atoms with van der Waals surface area (Å²) in [5.74, 6) is 0.860. The van der Waals surface area contributed by atoms with Crippen LogP contribution in [0.2, 0.25) is 0 Å². The lowest BCUT2D eigenvalue weighted by atomic mass is 10.2. The highest BCUT2D eigenvalue weighted by Crippen LogP contribution is 2.27. The third-order valence-electron chi connectivity index (χ3n) is 5.74. The summed E-state index contributed by atoms with van der Waals surface area (Å²) in [7, 11) is 0. The lowest BCUT2D eigenvalue weighted by molar-refractivity contribution is 0.616. The van der Waals surface area contributed by atoms with Crippen LogP contribution in [0.5, 0.6) is 0 Å². The van der Waals surface area contributed by atoms with E-state index in [0.717, 1.165) is 35.3 Å². The molecular formula is C27H24N4O2. The Hall–Kier alpha value is -4.19. The van der Waals surface area contributed by atoms with Gasteiger partial charge in [-0.2, -0.15) is 9.78 Å². The average Bonchev–Trinajstić information content (AvgIpc) is 3.29. The van der Waals surface area contributed by atoms with Crippen LogP contribution in [0.3, 0.4) is 0 Å². The van der Waals surface area contributed by atoms with E-state index < -0.39 is 0 Å². The molecule has 5 aromatic rings. The van der Waals surface area contributed by atoms with Gasteiger partial charge < -0.3 is 9.32 Å². The van der Waals surface area contributed by atoms with E-state index in [1.54, 1.807) is 12.3 Å². The first kappa shape index (κ1) is 20.7. The number of hydrogen-bond acceptors (Lipinski definition) is 5. The van der Waals surface area contributed by atoms with Crippen molar-refractivity contribution in [3.63, 3.8) is 0 Å². The topological polar surface area (TPSA) is 63.6 Å². The maximum absolute atomic E-state index is 13.3. The van der Waals surface area contributed by atoms with Crippen molar-refractivity contribution in [2.75, 3.05) is 18.0 Å². The molecule has 6 heteroatoms. The molecule has 0 fully saturated rings. The summed E-state index contributed by atoms with van der Waals surface area (Å²) in [5.41, 5.74) is 3.14. The number of para-hydroxylation sites is 2. The van der Waals surface area contributed by atoms with Gasteiger partial charge >= 0.3 is 0 Å². The van der Waals surface area contributed by atoms with Gasteiger partial charge in [0.1, 0.15) is 5.58 Å². The lowest BCUT2D eigenvalue weighted by Gasteiger charge is -2.20. The third-order valence-corrected chi connectivity index (χ3v) is 5.74. The van der Waals surface area contributed by atoms with Crippen LogP contribution < -0.4 is 10.5 Å². The summed E-state index contributed by atoms with van der Waals surface area (Å²) in [6, 6.07) is 25.0. The highest BCUT2D eigenvalue weighted by atomic mass is 16.3. The summed E-state index contributed by atoms with van der Waals surface area (Å²) in [6.45, 7) is 6.17. The minimum atomic E-state index is -0.243. The Balaban J connectivity index is 1.61. The molecule has 0 atom stereocenters. The predicted octanol–water partition coefficient (Wildman–Crippen LogP) is 5.54. The number of aromatic nitrogens is 2. The van der Waals surface area contributed by atoms with Crippen molar-refractivity contribution in [2.24, 2.45) is 5.10 Å². The Bertz CT molecular complexity index is 1480. The zero-order chi connectivity index (χ0) is 22.8. The average molecular weight is 437 g/mol. The molecule has 5 rings (SSSR count). The van der Waals surface area contributed by atoms with Crippen molar-refractivity contribution in [1.82, 2.24) is 9.66 Å². The Labute approximate surface area is 191 Å². The quantitative estimate of drug-likeness (QED) is 0.328. The molecule has 0 bridgehead atoms. The normalized spacial score (nSPS) is 11.6. The summed E-state index contributed by atoms with van der Waals surface area (Å²) < 4.78 is 7.33. The van der Waals surface area contributed by atoms with E-state index in [2.05, 4.69) is 36.0 Å². The third kappa shape index (κ3) is 3.91. The zero-order valence-electron chi connectivity index (χ0n) is 18.6. The molecule has 0 aliphatic rings. The molecule has 33 heavy (non-hydrogen) atoms. The highest BCUT2D eigenvalue weighted by Gasteiger charge is 2.16. The molecule has 3 aromatic carbocycles. The van der Waals surface area contributed by atoms with E-state index in [0.29, 0.717) is 22.5 Å². The van der Waals surface area contributed by atoms with Crippen molar-refractivity contribution in [1.29, 1.82) is 0 Å². The molecular weight excluding hydrogens is 412 g/mol. The van der Waals surface area contributed by atoms with Crippen LogP contribution in [-0.2, 0) is 0 Å². The molecule has 0 aliphatic carbocycles. The Kier molecular flexibility index (Phi) is 5.48. The standard InChI is InChI=1S/C27H24N4O2/c1-3-30(4-2)21-15-13-19(14-16-21)18-28-31-26(25-17-20-9-5-8-12-24(20)33-25)29-23-11-7-6-10-22(23)27(31)32/h5-18H,3-4H2,1-2H3. The van der Waals surface area contributed by atoms with Gasteiger partial charge in [0.05, 0.1) is 17.1 Å². The fourth-order valence-electron chi connectivity index (χ4n) is 3.97. The summed E-state index contributed by atoms with van der Waals surface area (Å²) in [6.07, 6.45) is 1.68. The molecule has 0 saturated carbocycles.